The predicted molar refractivity (Wildman–Crippen MR) is 111 cm³/mol. The fourth-order valence-electron chi connectivity index (χ4n) is 3.94. The molecule has 4 aromatic rings. The van der Waals surface area contributed by atoms with E-state index in [9.17, 15) is 4.79 Å². The van der Waals surface area contributed by atoms with Gasteiger partial charge in [-0.05, 0) is 57.0 Å². The third-order valence-electron chi connectivity index (χ3n) is 5.76. The van der Waals surface area contributed by atoms with Gasteiger partial charge in [-0.3, -0.25) is 4.79 Å². The molecule has 0 unspecified atom stereocenters. The number of aromatic nitrogens is 3. The van der Waals surface area contributed by atoms with Gasteiger partial charge in [0.05, 0.1) is 22.4 Å². The Labute approximate surface area is 168 Å². The fourth-order valence-corrected chi connectivity index (χ4v) is 3.94. The summed E-state index contributed by atoms with van der Waals surface area (Å²) in [5, 5.41) is 0. The van der Waals surface area contributed by atoms with E-state index in [1.165, 1.54) is 0 Å². The SMILES string of the molecule is Cc1nc2ccc(C(=O)N3CCC(c4nc5ccccc5o4)CC3)cc2nc1C. The Balaban J connectivity index is 1.32. The second-order valence-corrected chi connectivity index (χ2v) is 7.68. The highest BCUT2D eigenvalue weighted by Crippen LogP contribution is 2.30. The molecular weight excluding hydrogens is 364 g/mol. The Morgan fingerprint density at radius 2 is 1.66 bits per heavy atom. The third-order valence-corrected chi connectivity index (χ3v) is 5.76. The van der Waals surface area contributed by atoms with Crippen LogP contribution in [0.1, 0.15) is 46.4 Å². The van der Waals surface area contributed by atoms with Crippen LogP contribution in [0.5, 0.6) is 0 Å². The van der Waals surface area contributed by atoms with Crippen LogP contribution in [0.15, 0.2) is 46.9 Å². The maximum atomic E-state index is 13.0. The number of oxazole rings is 1. The maximum Gasteiger partial charge on any atom is 0.253 e. The van der Waals surface area contributed by atoms with Crippen LogP contribution >= 0.6 is 0 Å². The molecule has 0 bridgehead atoms. The molecule has 1 saturated heterocycles. The summed E-state index contributed by atoms with van der Waals surface area (Å²) in [6.45, 7) is 5.27. The second kappa shape index (κ2) is 6.95. The summed E-state index contributed by atoms with van der Waals surface area (Å²) in [7, 11) is 0. The first-order valence-electron chi connectivity index (χ1n) is 9.98. The van der Waals surface area contributed by atoms with Crippen LogP contribution in [0.3, 0.4) is 0 Å². The minimum absolute atomic E-state index is 0.0444. The molecule has 5 rings (SSSR count). The molecule has 1 aliphatic rings. The average molecular weight is 386 g/mol. The number of para-hydroxylation sites is 2. The van der Waals surface area contributed by atoms with E-state index in [2.05, 4.69) is 15.0 Å². The molecule has 0 spiro atoms. The van der Waals surface area contributed by atoms with Crippen molar-refractivity contribution in [3.8, 4) is 0 Å². The van der Waals surface area contributed by atoms with Gasteiger partial charge in [0.25, 0.3) is 5.91 Å². The monoisotopic (exact) mass is 386 g/mol. The van der Waals surface area contributed by atoms with Crippen molar-refractivity contribution >= 4 is 28.0 Å². The van der Waals surface area contributed by atoms with Gasteiger partial charge < -0.3 is 9.32 Å². The first kappa shape index (κ1) is 17.8. The van der Waals surface area contributed by atoms with E-state index in [4.69, 9.17) is 4.42 Å². The van der Waals surface area contributed by atoms with Gasteiger partial charge >= 0.3 is 0 Å². The highest BCUT2D eigenvalue weighted by Gasteiger charge is 2.27. The number of fused-ring (bicyclic) bond motifs is 2. The van der Waals surface area contributed by atoms with Crippen molar-refractivity contribution in [2.24, 2.45) is 0 Å². The topological polar surface area (TPSA) is 72.1 Å². The number of carbonyl (C=O) groups excluding carboxylic acids is 1. The maximum absolute atomic E-state index is 13.0. The summed E-state index contributed by atoms with van der Waals surface area (Å²) >= 11 is 0. The van der Waals surface area contributed by atoms with Gasteiger partial charge in [0.1, 0.15) is 5.52 Å². The molecule has 1 aliphatic heterocycles. The lowest BCUT2D eigenvalue weighted by Gasteiger charge is -2.30. The summed E-state index contributed by atoms with van der Waals surface area (Å²) in [6, 6.07) is 13.4. The minimum atomic E-state index is 0.0444. The molecule has 0 N–H and O–H groups in total. The van der Waals surface area contributed by atoms with Crippen molar-refractivity contribution in [3.05, 3.63) is 65.3 Å². The van der Waals surface area contributed by atoms with E-state index < -0.39 is 0 Å². The second-order valence-electron chi connectivity index (χ2n) is 7.68. The quantitative estimate of drug-likeness (QED) is 0.510. The number of piperidine rings is 1. The highest BCUT2D eigenvalue weighted by atomic mass is 16.3. The van der Waals surface area contributed by atoms with E-state index in [1.807, 2.05) is 61.2 Å². The minimum Gasteiger partial charge on any atom is -0.440 e. The zero-order valence-corrected chi connectivity index (χ0v) is 16.6. The molecule has 2 aromatic carbocycles. The van der Waals surface area contributed by atoms with Gasteiger partial charge in [-0.1, -0.05) is 12.1 Å². The van der Waals surface area contributed by atoms with E-state index in [0.29, 0.717) is 18.7 Å². The molecule has 6 heteroatoms. The van der Waals surface area contributed by atoms with Crippen molar-refractivity contribution in [2.75, 3.05) is 13.1 Å². The number of amides is 1. The van der Waals surface area contributed by atoms with Gasteiger partial charge in [0.2, 0.25) is 0 Å². The average Bonchev–Trinajstić information content (AvgIpc) is 3.18. The predicted octanol–water partition coefficient (Wildman–Crippen LogP) is 4.41. The Bertz CT molecular complexity index is 1190. The Morgan fingerprint density at radius 1 is 0.931 bits per heavy atom. The number of likely N-dealkylation sites (tertiary alicyclic amines) is 1. The number of hydrogen-bond donors (Lipinski definition) is 0. The largest absolute Gasteiger partial charge is 0.440 e. The molecule has 1 fully saturated rings. The number of aryl methyl sites for hydroxylation is 2. The van der Waals surface area contributed by atoms with Gasteiger partial charge in [0, 0.05) is 24.6 Å². The molecule has 1 amide bonds. The summed E-state index contributed by atoms with van der Waals surface area (Å²) in [5.41, 5.74) is 5.77. The molecule has 6 nitrogen and oxygen atoms in total. The number of carbonyl (C=O) groups is 1. The zero-order valence-electron chi connectivity index (χ0n) is 16.6. The zero-order chi connectivity index (χ0) is 20.0. The molecule has 29 heavy (non-hydrogen) atoms. The summed E-state index contributed by atoms with van der Waals surface area (Å²) < 4.78 is 5.93. The summed E-state index contributed by atoms with van der Waals surface area (Å²) in [5.74, 6) is 1.08. The molecule has 0 aliphatic carbocycles. The fraction of sp³-hybridized carbons (Fsp3) is 0.304. The summed E-state index contributed by atoms with van der Waals surface area (Å²) in [4.78, 5) is 28.7. The van der Waals surface area contributed by atoms with Crippen molar-refractivity contribution in [1.29, 1.82) is 0 Å². The first-order valence-corrected chi connectivity index (χ1v) is 9.98. The lowest BCUT2D eigenvalue weighted by molar-refractivity contribution is 0.0707. The van der Waals surface area contributed by atoms with Crippen LogP contribution < -0.4 is 0 Å². The van der Waals surface area contributed by atoms with E-state index >= 15 is 0 Å². The molecule has 146 valence electrons. The molecular formula is C23H22N4O2. The van der Waals surface area contributed by atoms with Crippen LogP contribution in [-0.2, 0) is 0 Å². The standard InChI is InChI=1S/C23H22N4O2/c1-14-15(2)25-20-13-17(7-8-18(20)24-14)23(28)27-11-9-16(10-12-27)22-26-19-5-3-4-6-21(19)29-22/h3-8,13,16H,9-12H2,1-2H3. The number of hydrogen-bond acceptors (Lipinski definition) is 5. The smallest absolute Gasteiger partial charge is 0.253 e. The van der Waals surface area contributed by atoms with Crippen LogP contribution in [0.4, 0.5) is 0 Å². The normalized spacial score (nSPS) is 15.3. The number of rotatable bonds is 2. The lowest BCUT2D eigenvalue weighted by Crippen LogP contribution is -2.38. The molecule has 3 heterocycles. The van der Waals surface area contributed by atoms with Gasteiger partial charge in [-0.2, -0.15) is 0 Å². The Morgan fingerprint density at radius 3 is 2.41 bits per heavy atom. The van der Waals surface area contributed by atoms with Crippen LogP contribution in [0, 0.1) is 13.8 Å². The van der Waals surface area contributed by atoms with E-state index in [-0.39, 0.29) is 11.8 Å². The summed E-state index contributed by atoms with van der Waals surface area (Å²) in [6.07, 6.45) is 1.70. The van der Waals surface area contributed by atoms with Gasteiger partial charge in [-0.25, -0.2) is 15.0 Å². The molecule has 2 aromatic heterocycles. The van der Waals surface area contributed by atoms with E-state index in [0.717, 1.165) is 52.3 Å². The highest BCUT2D eigenvalue weighted by molar-refractivity contribution is 5.97. The third kappa shape index (κ3) is 3.24. The Hall–Kier alpha value is -3.28. The van der Waals surface area contributed by atoms with Crippen molar-refractivity contribution in [1.82, 2.24) is 19.9 Å². The molecule has 0 saturated carbocycles. The molecule has 0 radical (unpaired) electrons. The lowest BCUT2D eigenvalue weighted by atomic mass is 9.96. The Kier molecular flexibility index (Phi) is 4.27. The van der Waals surface area contributed by atoms with E-state index in [1.54, 1.807) is 0 Å². The number of nitrogens with zero attached hydrogens (tertiary/aromatic N) is 4. The van der Waals surface area contributed by atoms with Gasteiger partial charge in [-0.15, -0.1) is 0 Å². The first-order chi connectivity index (χ1) is 14.1. The van der Waals surface area contributed by atoms with Gasteiger partial charge in [0.15, 0.2) is 11.5 Å². The van der Waals surface area contributed by atoms with Crippen molar-refractivity contribution < 1.29 is 9.21 Å². The van der Waals surface area contributed by atoms with Crippen LogP contribution in [0.2, 0.25) is 0 Å². The number of benzene rings is 2. The van der Waals surface area contributed by atoms with Crippen LogP contribution in [-0.4, -0.2) is 38.8 Å². The van der Waals surface area contributed by atoms with Crippen molar-refractivity contribution in [2.45, 2.75) is 32.6 Å². The van der Waals surface area contributed by atoms with Crippen LogP contribution in [0.25, 0.3) is 22.1 Å². The van der Waals surface area contributed by atoms with Crippen molar-refractivity contribution in [3.63, 3.8) is 0 Å². The molecule has 0 atom stereocenters.